The number of halogens is 3. The molecule has 0 bridgehead atoms. The second kappa shape index (κ2) is 10.4. The van der Waals surface area contributed by atoms with E-state index in [0.717, 1.165) is 6.07 Å². The van der Waals surface area contributed by atoms with Crippen molar-refractivity contribution in [1.82, 2.24) is 5.32 Å². The minimum atomic E-state index is -4.68. The molecule has 0 radical (unpaired) electrons. The van der Waals surface area contributed by atoms with Gasteiger partial charge in [0.1, 0.15) is 5.54 Å². The molecule has 3 atom stereocenters. The third kappa shape index (κ3) is 5.85. The first-order chi connectivity index (χ1) is 18.0. The van der Waals surface area contributed by atoms with Crippen molar-refractivity contribution in [3.05, 3.63) is 95.0 Å². The Kier molecular flexibility index (Phi) is 5.87. The van der Waals surface area contributed by atoms with Gasteiger partial charge in [-0.2, -0.15) is 13.2 Å². The lowest BCUT2D eigenvalue weighted by Gasteiger charge is -2.25. The summed E-state index contributed by atoms with van der Waals surface area (Å²) < 4.78 is 82.2. The summed E-state index contributed by atoms with van der Waals surface area (Å²) in [5.41, 5.74) is -2.05. The van der Waals surface area contributed by atoms with Crippen molar-refractivity contribution in [3.63, 3.8) is 0 Å². The first kappa shape index (κ1) is 19.2. The van der Waals surface area contributed by atoms with Crippen molar-refractivity contribution in [1.29, 1.82) is 0 Å². The van der Waals surface area contributed by atoms with Gasteiger partial charge in [0, 0.05) is 13.8 Å². The molecule has 180 valence electrons. The van der Waals surface area contributed by atoms with Crippen LogP contribution in [0.3, 0.4) is 0 Å². The van der Waals surface area contributed by atoms with E-state index in [1.807, 2.05) is 0 Å². The van der Waals surface area contributed by atoms with Gasteiger partial charge in [-0.15, -0.1) is 0 Å². The summed E-state index contributed by atoms with van der Waals surface area (Å²) in [4.78, 5) is 11.4. The van der Waals surface area contributed by atoms with Crippen LogP contribution in [-0.4, -0.2) is 28.3 Å². The van der Waals surface area contributed by atoms with Gasteiger partial charge in [-0.3, -0.25) is 10.1 Å². The number of aliphatic carboxylic acids is 1. The third-order valence-electron chi connectivity index (χ3n) is 5.72. The number of alkyl halides is 3. The maximum atomic E-state index is 13.8. The van der Waals surface area contributed by atoms with Crippen LogP contribution in [0.1, 0.15) is 43.0 Å². The van der Waals surface area contributed by atoms with Gasteiger partial charge in [-0.05, 0) is 47.2 Å². The molecule has 0 fully saturated rings. The Morgan fingerprint density at radius 2 is 2.03 bits per heavy atom. The molecule has 0 aromatic heterocycles. The highest BCUT2D eigenvalue weighted by atomic mass is 19.4. The van der Waals surface area contributed by atoms with Gasteiger partial charge in [0.05, 0.1) is 17.7 Å². The number of carboxylic acids is 1. The largest absolute Gasteiger partial charge is 0.480 e. The molecule has 2 aromatic carbocycles. The molecule has 0 heterocycles. The summed E-state index contributed by atoms with van der Waals surface area (Å²) in [6, 6.07) is 3.16. The zero-order valence-electron chi connectivity index (χ0n) is 23.6. The van der Waals surface area contributed by atoms with Crippen LogP contribution in [0.4, 0.5) is 13.2 Å². The van der Waals surface area contributed by atoms with Gasteiger partial charge < -0.3 is 10.2 Å². The van der Waals surface area contributed by atoms with Crippen LogP contribution in [0, 0.1) is 11.8 Å². The number of carboxylic acid groups (broad SMARTS) is 1. The molecule has 0 aliphatic heterocycles. The number of aliphatic hydroxyl groups excluding tert-OH is 1. The van der Waals surface area contributed by atoms with Crippen molar-refractivity contribution in [2.24, 2.45) is 11.8 Å². The maximum absolute atomic E-state index is 13.8. The maximum Gasteiger partial charge on any atom is 0.416 e. The normalized spacial score (nSPS) is 24.5. The summed E-state index contributed by atoms with van der Waals surface area (Å²) in [5, 5.41) is 21.4. The number of hydrogen-bond acceptors (Lipinski definition) is 3. The standard InChI is InChI=1S/C27H28F3NO3/c1-18-20(9-6-10-23(18)21-7-4-3-5-8-21)12-13-22-15-19(11-14-24(22)27(28,29)30)16-31-26(2,17-32)25(33)34/h3-15,18,20,31-32H,16-17H2,1-2H3,(H,33,34)/b13-12+/i3D,4D,5D,7D,18D. The molecule has 0 saturated carbocycles. The molecule has 3 rings (SSSR count). The van der Waals surface area contributed by atoms with Crippen molar-refractivity contribution in [3.8, 4) is 0 Å². The minimum Gasteiger partial charge on any atom is -0.480 e. The van der Waals surface area contributed by atoms with E-state index in [2.05, 4.69) is 5.32 Å². The fourth-order valence-corrected chi connectivity index (χ4v) is 3.48. The van der Waals surface area contributed by atoms with E-state index in [-0.39, 0.29) is 35.3 Å². The van der Waals surface area contributed by atoms with E-state index in [9.17, 15) is 28.2 Å². The number of nitrogens with one attached hydrogen (secondary N) is 1. The predicted molar refractivity (Wildman–Crippen MR) is 127 cm³/mol. The van der Waals surface area contributed by atoms with E-state index in [0.29, 0.717) is 5.56 Å². The first-order valence-corrected chi connectivity index (χ1v) is 10.5. The number of aliphatic hydroxyl groups is 1. The quantitative estimate of drug-likeness (QED) is 0.467. The third-order valence-corrected chi connectivity index (χ3v) is 5.72. The molecule has 3 N–H and O–H groups in total. The van der Waals surface area contributed by atoms with Crippen LogP contribution in [0.2, 0.25) is 0 Å². The fraction of sp³-hybridized carbons (Fsp3) is 0.296. The number of rotatable bonds is 8. The van der Waals surface area contributed by atoms with Crippen molar-refractivity contribution in [2.45, 2.75) is 32.1 Å². The predicted octanol–water partition coefficient (Wildman–Crippen LogP) is 5.55. The van der Waals surface area contributed by atoms with E-state index in [4.69, 9.17) is 6.85 Å². The molecule has 1 aliphatic rings. The first-order valence-electron chi connectivity index (χ1n) is 13.0. The Balaban J connectivity index is 1.97. The number of allylic oxidation sites excluding steroid dienone is 5. The van der Waals surface area contributed by atoms with Gasteiger partial charge in [-0.25, -0.2) is 0 Å². The average molecular weight is 477 g/mol. The molecular weight excluding hydrogens is 443 g/mol. The molecule has 1 aliphatic carbocycles. The fourth-order valence-electron chi connectivity index (χ4n) is 3.48. The highest BCUT2D eigenvalue weighted by Crippen LogP contribution is 2.36. The second-order valence-electron chi connectivity index (χ2n) is 8.18. The topological polar surface area (TPSA) is 69.6 Å². The summed E-state index contributed by atoms with van der Waals surface area (Å²) in [5.74, 6) is -3.54. The van der Waals surface area contributed by atoms with Crippen molar-refractivity contribution >= 4 is 17.6 Å². The Morgan fingerprint density at radius 3 is 2.71 bits per heavy atom. The summed E-state index contributed by atoms with van der Waals surface area (Å²) >= 11 is 0. The lowest BCUT2D eigenvalue weighted by Crippen LogP contribution is -2.52. The lowest BCUT2D eigenvalue weighted by atomic mass is 9.80. The van der Waals surface area contributed by atoms with Gasteiger partial charge in [0.15, 0.2) is 0 Å². The van der Waals surface area contributed by atoms with Crippen molar-refractivity contribution < 1.29 is 35.0 Å². The number of benzene rings is 2. The van der Waals surface area contributed by atoms with E-state index in [1.54, 1.807) is 18.2 Å². The molecule has 0 amide bonds. The molecule has 2 aromatic rings. The van der Waals surface area contributed by atoms with Crippen LogP contribution in [0.15, 0.2) is 72.7 Å². The van der Waals surface area contributed by atoms with Crippen LogP contribution in [0.25, 0.3) is 11.6 Å². The highest BCUT2D eigenvalue weighted by Gasteiger charge is 2.34. The molecule has 3 unspecified atom stereocenters. The highest BCUT2D eigenvalue weighted by molar-refractivity contribution is 5.78. The minimum absolute atomic E-state index is 0.127. The van der Waals surface area contributed by atoms with Crippen molar-refractivity contribution in [2.75, 3.05) is 6.61 Å². The smallest absolute Gasteiger partial charge is 0.416 e. The molecule has 0 spiro atoms. The van der Waals surface area contributed by atoms with Gasteiger partial charge in [0.2, 0.25) is 0 Å². The van der Waals surface area contributed by atoms with E-state index in [1.165, 1.54) is 44.2 Å². The zero-order valence-corrected chi connectivity index (χ0v) is 18.6. The zero-order chi connectivity index (χ0) is 29.3. The Hall–Kier alpha value is -3.16. The van der Waals surface area contributed by atoms with Gasteiger partial charge in [0.25, 0.3) is 0 Å². The summed E-state index contributed by atoms with van der Waals surface area (Å²) in [7, 11) is 0. The van der Waals surface area contributed by atoms with E-state index < -0.39 is 53.8 Å². The summed E-state index contributed by atoms with van der Waals surface area (Å²) in [6.07, 6.45) is 2.75. The number of hydrogen-bond donors (Lipinski definition) is 3. The Bertz CT molecular complexity index is 1370. The molecular formula is C27H28F3NO3. The van der Waals surface area contributed by atoms with Crippen LogP contribution in [0.5, 0.6) is 0 Å². The molecule has 34 heavy (non-hydrogen) atoms. The van der Waals surface area contributed by atoms with Crippen LogP contribution in [-0.2, 0) is 17.5 Å². The van der Waals surface area contributed by atoms with E-state index >= 15 is 0 Å². The van der Waals surface area contributed by atoms with Gasteiger partial charge >= 0.3 is 12.1 Å². The average Bonchev–Trinajstić information content (AvgIpc) is 2.86. The van der Waals surface area contributed by atoms with Crippen LogP contribution >= 0.6 is 0 Å². The Morgan fingerprint density at radius 1 is 1.26 bits per heavy atom. The van der Waals surface area contributed by atoms with Crippen LogP contribution < -0.4 is 5.32 Å². The summed E-state index contributed by atoms with van der Waals surface area (Å²) in [6.45, 7) is 1.92. The molecule has 0 saturated heterocycles. The molecule has 4 nitrogen and oxygen atoms in total. The lowest BCUT2D eigenvalue weighted by molar-refractivity contribution is -0.146. The SMILES string of the molecule is [2H]c1cc(C2=CC=CC(/C=C/c3cc(CNC(C)(CO)C(=O)O)ccc3C(F)(F)F)C2([2H])C)c([2H])c([2H])c1[2H]. The number of carbonyl (C=O) groups is 1. The van der Waals surface area contributed by atoms with Gasteiger partial charge in [-0.1, -0.05) is 73.6 Å². The Labute approximate surface area is 204 Å². The monoisotopic (exact) mass is 476 g/mol. The second-order valence-corrected chi connectivity index (χ2v) is 8.18. The molecule has 7 heteroatoms.